The molecule has 5 heteroatoms. The first kappa shape index (κ1) is 20.7. The molecule has 0 spiro atoms. The average Bonchev–Trinajstić information content (AvgIpc) is 3.33. The molecule has 1 amide bonds. The third kappa shape index (κ3) is 4.30. The van der Waals surface area contributed by atoms with Crippen molar-refractivity contribution in [3.8, 4) is 11.8 Å². The van der Waals surface area contributed by atoms with Gasteiger partial charge >= 0.3 is 0 Å². The summed E-state index contributed by atoms with van der Waals surface area (Å²) >= 11 is 1.67. The van der Waals surface area contributed by atoms with Crippen LogP contribution in [0.25, 0.3) is 10.9 Å². The second-order valence-corrected chi connectivity index (χ2v) is 9.39. The van der Waals surface area contributed by atoms with Crippen LogP contribution in [-0.4, -0.2) is 16.5 Å². The number of thiophene rings is 1. The molecule has 0 aliphatic carbocycles. The van der Waals surface area contributed by atoms with E-state index in [0.717, 1.165) is 6.42 Å². The molecule has 2 N–H and O–H groups in total. The van der Waals surface area contributed by atoms with Gasteiger partial charge in [-0.25, -0.2) is 0 Å². The first-order valence-electron chi connectivity index (χ1n) is 10.6. The van der Waals surface area contributed by atoms with E-state index in [1.165, 1.54) is 26.9 Å². The van der Waals surface area contributed by atoms with E-state index in [2.05, 4.69) is 71.4 Å². The summed E-state index contributed by atoms with van der Waals surface area (Å²) in [5.41, 5.74) is 3.74. The van der Waals surface area contributed by atoms with Crippen molar-refractivity contribution in [1.29, 1.82) is 0 Å². The van der Waals surface area contributed by atoms with Gasteiger partial charge in [-0.3, -0.25) is 10.1 Å². The summed E-state index contributed by atoms with van der Waals surface area (Å²) in [6, 6.07) is 10.5. The molecule has 30 heavy (non-hydrogen) atoms. The summed E-state index contributed by atoms with van der Waals surface area (Å²) in [6.07, 6.45) is 3.87. The fourth-order valence-corrected chi connectivity index (χ4v) is 5.01. The van der Waals surface area contributed by atoms with Gasteiger partial charge in [0.15, 0.2) is 0 Å². The first-order valence-corrected chi connectivity index (χ1v) is 11.5. The Bertz CT molecular complexity index is 1080. The Kier molecular flexibility index (Phi) is 6.26. The molecule has 156 valence electrons. The monoisotopic (exact) mass is 419 g/mol. The minimum absolute atomic E-state index is 0.0687. The molecule has 3 aromatic rings. The molecule has 0 fully saturated rings. The van der Waals surface area contributed by atoms with E-state index in [1.54, 1.807) is 11.3 Å². The summed E-state index contributed by atoms with van der Waals surface area (Å²) in [7, 11) is 0. The van der Waals surface area contributed by atoms with Gasteiger partial charge in [-0.2, -0.15) is 0 Å². The summed E-state index contributed by atoms with van der Waals surface area (Å²) in [6.45, 7) is 7.60. The predicted octanol–water partition coefficient (Wildman–Crippen LogP) is 4.64. The molecular formula is C25H29N3OS. The van der Waals surface area contributed by atoms with Gasteiger partial charge in [0.25, 0.3) is 0 Å². The molecule has 2 unspecified atom stereocenters. The van der Waals surface area contributed by atoms with E-state index in [0.29, 0.717) is 25.4 Å². The van der Waals surface area contributed by atoms with Gasteiger partial charge in [-0.1, -0.05) is 38.0 Å². The molecule has 4 nitrogen and oxygen atoms in total. The average molecular weight is 420 g/mol. The minimum Gasteiger partial charge on any atom is -0.350 e. The third-order valence-electron chi connectivity index (χ3n) is 5.69. The van der Waals surface area contributed by atoms with E-state index >= 15 is 0 Å². The Morgan fingerprint density at radius 3 is 2.93 bits per heavy atom. The number of nitrogens with zero attached hydrogens (tertiary/aromatic N) is 1. The van der Waals surface area contributed by atoms with Gasteiger partial charge < -0.3 is 9.88 Å². The van der Waals surface area contributed by atoms with Crippen molar-refractivity contribution < 1.29 is 4.79 Å². The van der Waals surface area contributed by atoms with Crippen LogP contribution < -0.4 is 10.6 Å². The highest BCUT2D eigenvalue weighted by Gasteiger charge is 2.30. The molecule has 1 aromatic carbocycles. The molecule has 1 aliphatic heterocycles. The Labute approximate surface area is 182 Å². The summed E-state index contributed by atoms with van der Waals surface area (Å²) < 4.78 is 2.23. The van der Waals surface area contributed by atoms with Crippen molar-refractivity contribution in [2.75, 3.05) is 0 Å². The molecule has 3 heterocycles. The topological polar surface area (TPSA) is 46.1 Å². The number of hydrogen-bond acceptors (Lipinski definition) is 3. The SMILES string of the molecule is CC#CCn1cc2c3c(cccc31)C(CC(C)C)NC(C(=O)NCc1cccs1)C2. The van der Waals surface area contributed by atoms with Gasteiger partial charge in [0, 0.05) is 28.0 Å². The Hall–Kier alpha value is -2.55. The Balaban J connectivity index is 1.68. The maximum absolute atomic E-state index is 13.1. The molecule has 0 radical (unpaired) electrons. The highest BCUT2D eigenvalue weighted by atomic mass is 32.1. The van der Waals surface area contributed by atoms with Crippen LogP contribution in [0, 0.1) is 17.8 Å². The fourth-order valence-electron chi connectivity index (χ4n) is 4.37. The van der Waals surface area contributed by atoms with Gasteiger partial charge in [0.2, 0.25) is 5.91 Å². The fraction of sp³-hybridized carbons (Fsp3) is 0.400. The number of amides is 1. The Morgan fingerprint density at radius 2 is 2.20 bits per heavy atom. The van der Waals surface area contributed by atoms with Gasteiger partial charge in [-0.05, 0) is 54.3 Å². The van der Waals surface area contributed by atoms with Crippen LogP contribution in [0.2, 0.25) is 0 Å². The van der Waals surface area contributed by atoms with Crippen molar-refractivity contribution in [2.24, 2.45) is 5.92 Å². The van der Waals surface area contributed by atoms with Crippen molar-refractivity contribution in [2.45, 2.75) is 58.8 Å². The Morgan fingerprint density at radius 1 is 1.33 bits per heavy atom. The second kappa shape index (κ2) is 9.07. The number of hydrogen-bond donors (Lipinski definition) is 2. The van der Waals surface area contributed by atoms with Crippen LogP contribution in [0.5, 0.6) is 0 Å². The largest absolute Gasteiger partial charge is 0.350 e. The van der Waals surface area contributed by atoms with E-state index in [-0.39, 0.29) is 18.0 Å². The van der Waals surface area contributed by atoms with Crippen LogP contribution in [0.3, 0.4) is 0 Å². The molecule has 2 aromatic heterocycles. The summed E-state index contributed by atoms with van der Waals surface area (Å²) in [5, 5.41) is 10.2. The molecule has 0 bridgehead atoms. The summed E-state index contributed by atoms with van der Waals surface area (Å²) in [4.78, 5) is 14.3. The van der Waals surface area contributed by atoms with Crippen molar-refractivity contribution in [3.05, 3.63) is 57.9 Å². The van der Waals surface area contributed by atoms with E-state index in [1.807, 2.05) is 18.4 Å². The standard InChI is InChI=1S/C25H29N3OS/c1-4-5-11-28-16-18-14-22(25(29)26-15-19-8-7-12-30-19)27-21(13-17(2)3)20-9-6-10-23(28)24(18)20/h6-10,12,16-17,21-22,27H,11,13-15H2,1-3H3,(H,26,29). The normalized spacial score (nSPS) is 18.1. The van der Waals surface area contributed by atoms with Gasteiger partial charge in [0.05, 0.1) is 19.1 Å². The zero-order valence-corrected chi connectivity index (χ0v) is 18.7. The molecule has 1 aliphatic rings. The van der Waals surface area contributed by atoms with E-state index in [4.69, 9.17) is 0 Å². The first-order chi connectivity index (χ1) is 14.6. The number of aromatic nitrogens is 1. The highest BCUT2D eigenvalue weighted by Crippen LogP contribution is 2.35. The molecule has 4 rings (SSSR count). The summed E-state index contributed by atoms with van der Waals surface area (Å²) in [5.74, 6) is 6.78. The lowest BCUT2D eigenvalue weighted by atomic mass is 9.94. The maximum Gasteiger partial charge on any atom is 0.237 e. The molecule has 0 saturated heterocycles. The van der Waals surface area contributed by atoms with Gasteiger partial charge in [0.1, 0.15) is 0 Å². The smallest absolute Gasteiger partial charge is 0.237 e. The number of rotatable bonds is 6. The quantitative estimate of drug-likeness (QED) is 0.572. The zero-order chi connectivity index (χ0) is 21.1. The van der Waals surface area contributed by atoms with Crippen LogP contribution in [0.1, 0.15) is 49.2 Å². The van der Waals surface area contributed by atoms with E-state index < -0.39 is 0 Å². The molecule has 0 saturated carbocycles. The van der Waals surface area contributed by atoms with Crippen LogP contribution in [0.15, 0.2) is 41.9 Å². The number of carbonyl (C=O) groups is 1. The lowest BCUT2D eigenvalue weighted by Crippen LogP contribution is -2.46. The number of nitrogens with one attached hydrogen (secondary N) is 2. The van der Waals surface area contributed by atoms with Crippen molar-refractivity contribution >= 4 is 28.1 Å². The van der Waals surface area contributed by atoms with Crippen LogP contribution >= 0.6 is 11.3 Å². The third-order valence-corrected chi connectivity index (χ3v) is 6.56. The number of carbonyl (C=O) groups excluding carboxylic acids is 1. The highest BCUT2D eigenvalue weighted by molar-refractivity contribution is 7.09. The van der Waals surface area contributed by atoms with Gasteiger partial charge in [-0.15, -0.1) is 17.3 Å². The number of benzene rings is 1. The lowest BCUT2D eigenvalue weighted by Gasteiger charge is -2.25. The maximum atomic E-state index is 13.1. The lowest BCUT2D eigenvalue weighted by molar-refractivity contribution is -0.123. The van der Waals surface area contributed by atoms with Crippen molar-refractivity contribution in [3.63, 3.8) is 0 Å². The van der Waals surface area contributed by atoms with E-state index in [9.17, 15) is 4.79 Å². The molecule has 2 atom stereocenters. The minimum atomic E-state index is -0.252. The molecular weight excluding hydrogens is 390 g/mol. The predicted molar refractivity (Wildman–Crippen MR) is 124 cm³/mol. The zero-order valence-electron chi connectivity index (χ0n) is 17.9. The van der Waals surface area contributed by atoms with Crippen molar-refractivity contribution in [1.82, 2.24) is 15.2 Å². The van der Waals surface area contributed by atoms with Crippen LogP contribution in [-0.2, 0) is 24.3 Å². The van der Waals surface area contributed by atoms with Crippen LogP contribution in [0.4, 0.5) is 0 Å². The second-order valence-electron chi connectivity index (χ2n) is 8.35.